The molecule has 1 aromatic heterocycles. The number of hydrogen-bond acceptors (Lipinski definition) is 2. The quantitative estimate of drug-likeness (QED) is 0.900. The van der Waals surface area contributed by atoms with E-state index in [0.717, 1.165) is 0 Å². The summed E-state index contributed by atoms with van der Waals surface area (Å²) in [6.07, 6.45) is 2.79. The van der Waals surface area contributed by atoms with Crippen molar-refractivity contribution in [1.29, 1.82) is 0 Å². The minimum atomic E-state index is -0.620. The molecule has 0 bridgehead atoms. The van der Waals surface area contributed by atoms with Gasteiger partial charge in [-0.1, -0.05) is 6.07 Å². The lowest BCUT2D eigenvalue weighted by Gasteiger charge is -2.05. The third-order valence-electron chi connectivity index (χ3n) is 2.50. The number of hydrogen-bond donors (Lipinski definition) is 1. The summed E-state index contributed by atoms with van der Waals surface area (Å²) in [7, 11) is 1.48. The molecule has 2 aromatic rings. The van der Waals surface area contributed by atoms with Gasteiger partial charge in [0.05, 0.1) is 12.9 Å². The Labute approximate surface area is 102 Å². The number of carbonyl (C=O) groups is 1. The predicted octanol–water partition coefficient (Wildman–Crippen LogP) is 1.57. The van der Waals surface area contributed by atoms with Gasteiger partial charge in [-0.05, 0) is 12.1 Å². The van der Waals surface area contributed by atoms with Crippen LogP contribution in [0.25, 0.3) is 0 Å². The minimum Gasteiger partial charge on any atom is -0.354 e. The standard InChI is InChI=1S/C12H11F2N3O/c1-15-12(18)11-6-17(7-16-11)5-8-9(13)3-2-4-10(8)14/h2-4,6-7H,5H2,1H3,(H,15,18). The normalized spacial score (nSPS) is 10.4. The number of rotatable bonds is 3. The highest BCUT2D eigenvalue weighted by Crippen LogP contribution is 2.13. The van der Waals surface area contributed by atoms with E-state index < -0.39 is 11.6 Å². The lowest BCUT2D eigenvalue weighted by atomic mass is 10.2. The van der Waals surface area contributed by atoms with Crippen molar-refractivity contribution in [2.24, 2.45) is 0 Å². The van der Waals surface area contributed by atoms with E-state index >= 15 is 0 Å². The van der Waals surface area contributed by atoms with E-state index in [-0.39, 0.29) is 23.7 Å². The van der Waals surface area contributed by atoms with Crippen LogP contribution in [0.1, 0.15) is 16.1 Å². The van der Waals surface area contributed by atoms with Crippen LogP contribution < -0.4 is 5.32 Å². The van der Waals surface area contributed by atoms with Crippen molar-refractivity contribution in [1.82, 2.24) is 14.9 Å². The zero-order valence-electron chi connectivity index (χ0n) is 9.65. The zero-order valence-corrected chi connectivity index (χ0v) is 9.65. The molecule has 0 saturated heterocycles. The highest BCUT2D eigenvalue weighted by molar-refractivity contribution is 5.91. The summed E-state index contributed by atoms with van der Waals surface area (Å²) >= 11 is 0. The van der Waals surface area contributed by atoms with Crippen LogP contribution in [-0.4, -0.2) is 22.5 Å². The Hall–Kier alpha value is -2.24. The van der Waals surface area contributed by atoms with Gasteiger partial charge in [0, 0.05) is 18.8 Å². The molecule has 0 aliphatic heterocycles. The summed E-state index contributed by atoms with van der Waals surface area (Å²) in [5, 5.41) is 2.42. The van der Waals surface area contributed by atoms with Crippen LogP contribution in [0, 0.1) is 11.6 Å². The average Bonchev–Trinajstić information content (AvgIpc) is 2.81. The van der Waals surface area contributed by atoms with Crippen molar-refractivity contribution in [3.63, 3.8) is 0 Å². The molecule has 0 saturated carbocycles. The summed E-state index contributed by atoms with van der Waals surface area (Å²) in [5.41, 5.74) is 0.146. The smallest absolute Gasteiger partial charge is 0.271 e. The Bertz CT molecular complexity index is 560. The molecule has 1 heterocycles. The molecule has 0 aliphatic rings. The van der Waals surface area contributed by atoms with Crippen LogP contribution in [-0.2, 0) is 6.54 Å². The molecule has 6 heteroatoms. The van der Waals surface area contributed by atoms with Gasteiger partial charge in [0.15, 0.2) is 0 Å². The Morgan fingerprint density at radius 1 is 1.39 bits per heavy atom. The molecule has 4 nitrogen and oxygen atoms in total. The van der Waals surface area contributed by atoms with Crippen molar-refractivity contribution in [2.75, 3.05) is 7.05 Å². The third-order valence-corrected chi connectivity index (χ3v) is 2.50. The van der Waals surface area contributed by atoms with Gasteiger partial charge in [0.25, 0.3) is 5.91 Å². The van der Waals surface area contributed by atoms with E-state index in [1.807, 2.05) is 0 Å². The number of halogens is 2. The van der Waals surface area contributed by atoms with Crippen molar-refractivity contribution in [2.45, 2.75) is 6.54 Å². The minimum absolute atomic E-state index is 0.0114. The largest absolute Gasteiger partial charge is 0.354 e. The Balaban J connectivity index is 2.24. The monoisotopic (exact) mass is 251 g/mol. The summed E-state index contributed by atoms with van der Waals surface area (Å²) in [5.74, 6) is -1.59. The molecule has 1 aromatic carbocycles. The Morgan fingerprint density at radius 3 is 2.67 bits per heavy atom. The average molecular weight is 251 g/mol. The van der Waals surface area contributed by atoms with Gasteiger partial charge in [0.2, 0.25) is 0 Å². The summed E-state index contributed by atoms with van der Waals surface area (Å²) < 4.78 is 28.3. The van der Waals surface area contributed by atoms with Crippen molar-refractivity contribution >= 4 is 5.91 Å². The van der Waals surface area contributed by atoms with Crippen LogP contribution in [0.2, 0.25) is 0 Å². The number of carbonyl (C=O) groups excluding carboxylic acids is 1. The van der Waals surface area contributed by atoms with Gasteiger partial charge in [-0.3, -0.25) is 4.79 Å². The second-order valence-corrected chi connectivity index (χ2v) is 3.71. The molecule has 0 aliphatic carbocycles. The fourth-order valence-electron chi connectivity index (χ4n) is 1.56. The van der Waals surface area contributed by atoms with Crippen LogP contribution in [0.5, 0.6) is 0 Å². The van der Waals surface area contributed by atoms with E-state index in [9.17, 15) is 13.6 Å². The second-order valence-electron chi connectivity index (χ2n) is 3.71. The summed E-state index contributed by atoms with van der Waals surface area (Å²) in [6, 6.07) is 3.68. The molecule has 1 N–H and O–H groups in total. The molecule has 94 valence electrons. The number of amides is 1. The zero-order chi connectivity index (χ0) is 13.1. The van der Waals surface area contributed by atoms with E-state index in [2.05, 4.69) is 10.3 Å². The van der Waals surface area contributed by atoms with Crippen molar-refractivity contribution in [3.05, 3.63) is 53.6 Å². The lowest BCUT2D eigenvalue weighted by Crippen LogP contribution is -2.18. The molecular formula is C12H11F2N3O. The maximum Gasteiger partial charge on any atom is 0.271 e. The Morgan fingerprint density at radius 2 is 2.06 bits per heavy atom. The van der Waals surface area contributed by atoms with E-state index in [0.29, 0.717) is 0 Å². The van der Waals surface area contributed by atoms with Gasteiger partial charge in [-0.15, -0.1) is 0 Å². The summed E-state index contributed by atoms with van der Waals surface area (Å²) in [4.78, 5) is 15.1. The molecule has 0 atom stereocenters. The van der Waals surface area contributed by atoms with Gasteiger partial charge in [-0.2, -0.15) is 0 Å². The highest BCUT2D eigenvalue weighted by atomic mass is 19.1. The van der Waals surface area contributed by atoms with Crippen LogP contribution in [0.4, 0.5) is 8.78 Å². The molecule has 2 rings (SSSR count). The topological polar surface area (TPSA) is 46.9 Å². The fraction of sp³-hybridized carbons (Fsp3) is 0.167. The van der Waals surface area contributed by atoms with E-state index in [1.54, 1.807) is 0 Å². The van der Waals surface area contributed by atoms with Crippen LogP contribution >= 0.6 is 0 Å². The van der Waals surface area contributed by atoms with Gasteiger partial charge < -0.3 is 9.88 Å². The number of benzene rings is 1. The molecule has 0 fully saturated rings. The van der Waals surface area contributed by atoms with Crippen LogP contribution in [0.15, 0.2) is 30.7 Å². The lowest BCUT2D eigenvalue weighted by molar-refractivity contribution is 0.0958. The highest BCUT2D eigenvalue weighted by Gasteiger charge is 2.11. The maximum atomic E-state index is 13.4. The van der Waals surface area contributed by atoms with Crippen LogP contribution in [0.3, 0.4) is 0 Å². The van der Waals surface area contributed by atoms with E-state index in [1.165, 1.54) is 42.3 Å². The first kappa shape index (κ1) is 12.2. The molecular weight excluding hydrogens is 240 g/mol. The molecule has 0 spiro atoms. The van der Waals surface area contributed by atoms with Crippen molar-refractivity contribution in [3.8, 4) is 0 Å². The summed E-state index contributed by atoms with van der Waals surface area (Å²) in [6.45, 7) is -0.0114. The number of nitrogens with zero attached hydrogens (tertiary/aromatic N) is 2. The fourth-order valence-corrected chi connectivity index (χ4v) is 1.56. The second kappa shape index (κ2) is 4.95. The van der Waals surface area contributed by atoms with Gasteiger partial charge in [-0.25, -0.2) is 13.8 Å². The molecule has 1 amide bonds. The molecule has 18 heavy (non-hydrogen) atoms. The first-order valence-corrected chi connectivity index (χ1v) is 5.28. The SMILES string of the molecule is CNC(=O)c1cn(Cc2c(F)cccc2F)cn1. The number of nitrogens with one attached hydrogen (secondary N) is 1. The number of imidazole rings is 1. The molecule has 0 radical (unpaired) electrons. The Kier molecular flexibility index (Phi) is 3.36. The first-order valence-electron chi connectivity index (χ1n) is 5.28. The number of aromatic nitrogens is 2. The predicted molar refractivity (Wildman–Crippen MR) is 61.1 cm³/mol. The van der Waals surface area contributed by atoms with Crippen molar-refractivity contribution < 1.29 is 13.6 Å². The van der Waals surface area contributed by atoms with Gasteiger partial charge >= 0.3 is 0 Å². The van der Waals surface area contributed by atoms with Gasteiger partial charge in [0.1, 0.15) is 17.3 Å². The first-order chi connectivity index (χ1) is 8.61. The third kappa shape index (κ3) is 2.37. The molecule has 0 unspecified atom stereocenters. The maximum absolute atomic E-state index is 13.4. The van der Waals surface area contributed by atoms with E-state index in [4.69, 9.17) is 0 Å².